The SMILES string of the molecule is N#Cc1ccc2c(c1)ncn2-c1ncc2[nH]c(=O)n(Cc3cccc(C(F)(F)F)c3)c2n1. The molecule has 0 fully saturated rings. The van der Waals surface area contributed by atoms with Crippen LogP contribution >= 0.6 is 0 Å². The van der Waals surface area contributed by atoms with E-state index < -0.39 is 17.4 Å². The third kappa shape index (κ3) is 3.27. The number of imidazole rings is 2. The summed E-state index contributed by atoms with van der Waals surface area (Å²) in [6.07, 6.45) is -1.56. The molecule has 8 nitrogen and oxygen atoms in total. The summed E-state index contributed by atoms with van der Waals surface area (Å²) in [4.78, 5) is 28.1. The Morgan fingerprint density at radius 2 is 1.97 bits per heavy atom. The summed E-state index contributed by atoms with van der Waals surface area (Å²) in [5.41, 5.74) is 1.28. The first-order chi connectivity index (χ1) is 15.3. The number of alkyl halides is 3. The van der Waals surface area contributed by atoms with Gasteiger partial charge in [0.05, 0.1) is 41.0 Å². The Morgan fingerprint density at radius 3 is 2.75 bits per heavy atom. The molecule has 0 saturated carbocycles. The summed E-state index contributed by atoms with van der Waals surface area (Å²) in [7, 11) is 0. The quantitative estimate of drug-likeness (QED) is 0.468. The standard InChI is InChI=1S/C21H12F3N7O/c22-21(23,24)14-3-1-2-13(6-14)10-30-18-16(28-20(30)32)9-26-19(29-18)31-11-27-15-7-12(8-25)4-5-17(15)31/h1-7,9,11H,10H2,(H,28,32). The minimum absolute atomic E-state index is 0.102. The molecule has 0 amide bonds. The number of fused-ring (bicyclic) bond motifs is 2. The van der Waals surface area contributed by atoms with E-state index in [1.54, 1.807) is 22.8 Å². The molecule has 3 aromatic heterocycles. The van der Waals surface area contributed by atoms with Gasteiger partial charge in [0.25, 0.3) is 0 Å². The van der Waals surface area contributed by atoms with Crippen molar-refractivity contribution in [3.63, 3.8) is 0 Å². The van der Waals surface area contributed by atoms with Gasteiger partial charge in [0.1, 0.15) is 11.8 Å². The Morgan fingerprint density at radius 1 is 1.12 bits per heavy atom. The van der Waals surface area contributed by atoms with Crippen LogP contribution in [-0.4, -0.2) is 29.1 Å². The van der Waals surface area contributed by atoms with Gasteiger partial charge in [-0.1, -0.05) is 12.1 Å². The van der Waals surface area contributed by atoms with Crippen LogP contribution in [0.25, 0.3) is 28.1 Å². The number of benzene rings is 2. The molecule has 0 saturated heterocycles. The molecule has 0 aliphatic heterocycles. The third-order valence-corrected chi connectivity index (χ3v) is 4.99. The number of aromatic amines is 1. The lowest BCUT2D eigenvalue weighted by molar-refractivity contribution is -0.137. The highest BCUT2D eigenvalue weighted by Gasteiger charge is 2.30. The average molecular weight is 435 g/mol. The van der Waals surface area contributed by atoms with Crippen molar-refractivity contribution in [1.29, 1.82) is 5.26 Å². The van der Waals surface area contributed by atoms with Gasteiger partial charge in [-0.3, -0.25) is 9.13 Å². The maximum atomic E-state index is 13.0. The highest BCUT2D eigenvalue weighted by Crippen LogP contribution is 2.29. The van der Waals surface area contributed by atoms with E-state index in [1.807, 2.05) is 6.07 Å². The van der Waals surface area contributed by atoms with Crippen molar-refractivity contribution < 1.29 is 13.2 Å². The summed E-state index contributed by atoms with van der Waals surface area (Å²) >= 11 is 0. The van der Waals surface area contributed by atoms with E-state index in [4.69, 9.17) is 5.26 Å². The molecule has 11 heteroatoms. The zero-order chi connectivity index (χ0) is 22.5. The van der Waals surface area contributed by atoms with E-state index >= 15 is 0 Å². The van der Waals surface area contributed by atoms with E-state index in [1.165, 1.54) is 29.2 Å². The van der Waals surface area contributed by atoms with Gasteiger partial charge in [0, 0.05) is 0 Å². The van der Waals surface area contributed by atoms with Crippen LogP contribution in [0.15, 0.2) is 59.8 Å². The van der Waals surface area contributed by atoms with Crippen LogP contribution in [0.3, 0.4) is 0 Å². The van der Waals surface area contributed by atoms with E-state index in [2.05, 4.69) is 19.9 Å². The molecule has 0 bridgehead atoms. The fraction of sp³-hybridized carbons (Fsp3) is 0.0952. The Bertz CT molecular complexity index is 1590. The highest BCUT2D eigenvalue weighted by molar-refractivity contribution is 5.79. The van der Waals surface area contributed by atoms with Crippen molar-refractivity contribution in [2.45, 2.75) is 12.7 Å². The van der Waals surface area contributed by atoms with E-state index in [0.29, 0.717) is 27.7 Å². The molecule has 32 heavy (non-hydrogen) atoms. The Balaban J connectivity index is 1.59. The van der Waals surface area contributed by atoms with Crippen molar-refractivity contribution in [3.8, 4) is 12.0 Å². The van der Waals surface area contributed by atoms with Gasteiger partial charge < -0.3 is 4.98 Å². The monoisotopic (exact) mass is 435 g/mol. The summed E-state index contributed by atoms with van der Waals surface area (Å²) < 4.78 is 42.0. The molecule has 158 valence electrons. The largest absolute Gasteiger partial charge is 0.416 e. The zero-order valence-electron chi connectivity index (χ0n) is 16.1. The minimum Gasteiger partial charge on any atom is -0.303 e. The van der Waals surface area contributed by atoms with Crippen LogP contribution in [0.4, 0.5) is 13.2 Å². The smallest absolute Gasteiger partial charge is 0.303 e. The lowest BCUT2D eigenvalue weighted by Gasteiger charge is -2.09. The highest BCUT2D eigenvalue weighted by atomic mass is 19.4. The molecule has 2 aromatic carbocycles. The molecule has 5 rings (SSSR count). The zero-order valence-corrected chi connectivity index (χ0v) is 16.1. The van der Waals surface area contributed by atoms with Gasteiger partial charge in [-0.15, -0.1) is 0 Å². The third-order valence-electron chi connectivity index (χ3n) is 4.99. The fourth-order valence-corrected chi connectivity index (χ4v) is 3.47. The van der Waals surface area contributed by atoms with Crippen molar-refractivity contribution >= 4 is 22.2 Å². The lowest BCUT2D eigenvalue weighted by Crippen LogP contribution is -2.18. The maximum absolute atomic E-state index is 13.0. The molecule has 0 unspecified atom stereocenters. The molecule has 0 atom stereocenters. The molecule has 1 N–H and O–H groups in total. The number of nitrogens with one attached hydrogen (secondary N) is 1. The molecular weight excluding hydrogens is 423 g/mol. The summed E-state index contributed by atoms with van der Waals surface area (Å²) in [6, 6.07) is 11.8. The second-order valence-electron chi connectivity index (χ2n) is 7.05. The number of halogens is 3. The molecule has 0 radical (unpaired) electrons. The van der Waals surface area contributed by atoms with Crippen molar-refractivity contribution in [3.05, 3.63) is 82.2 Å². The van der Waals surface area contributed by atoms with Crippen molar-refractivity contribution in [2.24, 2.45) is 0 Å². The van der Waals surface area contributed by atoms with E-state index in [-0.39, 0.29) is 18.1 Å². The van der Waals surface area contributed by atoms with Crippen molar-refractivity contribution in [1.82, 2.24) is 29.1 Å². The Hall–Kier alpha value is -4.46. The van der Waals surface area contributed by atoms with Crippen LogP contribution < -0.4 is 5.69 Å². The maximum Gasteiger partial charge on any atom is 0.416 e. The number of hydrogen-bond donors (Lipinski definition) is 1. The average Bonchev–Trinajstić information content (AvgIpc) is 3.33. The predicted octanol–water partition coefficient (Wildman–Crippen LogP) is 3.40. The molecule has 0 aliphatic rings. The van der Waals surface area contributed by atoms with Gasteiger partial charge in [-0.05, 0) is 35.9 Å². The molecule has 3 heterocycles. The number of hydrogen-bond acceptors (Lipinski definition) is 5. The van der Waals surface area contributed by atoms with Gasteiger partial charge in [0.15, 0.2) is 5.65 Å². The first-order valence-corrected chi connectivity index (χ1v) is 9.33. The minimum atomic E-state index is -4.48. The number of rotatable bonds is 3. The van der Waals surface area contributed by atoms with Crippen LogP contribution in [-0.2, 0) is 12.7 Å². The van der Waals surface area contributed by atoms with E-state index in [9.17, 15) is 18.0 Å². The van der Waals surface area contributed by atoms with Crippen LogP contribution in [0, 0.1) is 11.3 Å². The van der Waals surface area contributed by atoms with Crippen molar-refractivity contribution in [2.75, 3.05) is 0 Å². The fourth-order valence-electron chi connectivity index (χ4n) is 3.47. The Labute approximate surface area is 177 Å². The predicted molar refractivity (Wildman–Crippen MR) is 108 cm³/mol. The first-order valence-electron chi connectivity index (χ1n) is 9.33. The molecular formula is C21H12F3N7O. The second kappa shape index (κ2) is 7.05. The van der Waals surface area contributed by atoms with Crippen LogP contribution in [0.1, 0.15) is 16.7 Å². The number of aromatic nitrogens is 6. The van der Waals surface area contributed by atoms with Gasteiger partial charge in [-0.2, -0.15) is 23.4 Å². The normalized spacial score (nSPS) is 11.8. The molecule has 0 spiro atoms. The second-order valence-corrected chi connectivity index (χ2v) is 7.05. The number of nitriles is 1. The molecule has 0 aliphatic carbocycles. The first kappa shape index (κ1) is 19.5. The number of H-pyrrole nitrogens is 1. The number of nitrogens with zero attached hydrogens (tertiary/aromatic N) is 6. The van der Waals surface area contributed by atoms with Gasteiger partial charge in [0.2, 0.25) is 5.95 Å². The van der Waals surface area contributed by atoms with Gasteiger partial charge in [-0.25, -0.2) is 14.8 Å². The van der Waals surface area contributed by atoms with E-state index in [0.717, 1.165) is 12.1 Å². The Kier molecular flexibility index (Phi) is 4.30. The van der Waals surface area contributed by atoms with Crippen LogP contribution in [0.2, 0.25) is 0 Å². The summed E-state index contributed by atoms with van der Waals surface area (Å²) in [5, 5.41) is 9.05. The van der Waals surface area contributed by atoms with Crippen LogP contribution in [0.5, 0.6) is 0 Å². The lowest BCUT2D eigenvalue weighted by atomic mass is 10.1. The summed E-state index contributed by atoms with van der Waals surface area (Å²) in [6.45, 7) is -0.102. The topological polar surface area (TPSA) is 105 Å². The summed E-state index contributed by atoms with van der Waals surface area (Å²) in [5.74, 6) is 0.224. The van der Waals surface area contributed by atoms with Gasteiger partial charge >= 0.3 is 11.9 Å². The molecule has 5 aromatic rings.